The lowest BCUT2D eigenvalue weighted by Crippen LogP contribution is -2.36. The van der Waals surface area contributed by atoms with Gasteiger partial charge in [0.1, 0.15) is 12.2 Å². The molecule has 0 radical (unpaired) electrons. The highest BCUT2D eigenvalue weighted by molar-refractivity contribution is 6.15. The molecule has 3 amide bonds. The SMILES string of the molecule is COC(=O)CN1C(=O)NC(=Cc2cc3c(cc2C)OCO3)C1=O. The number of hydrogen-bond acceptors (Lipinski definition) is 6. The Kier molecular flexibility index (Phi) is 3.65. The van der Waals surface area contributed by atoms with Gasteiger partial charge < -0.3 is 19.5 Å². The first-order chi connectivity index (χ1) is 11.0. The second kappa shape index (κ2) is 5.64. The number of nitrogens with one attached hydrogen (secondary N) is 1. The summed E-state index contributed by atoms with van der Waals surface area (Å²) in [5.74, 6) is -0.0455. The standard InChI is InChI=1S/C15H14N2O6/c1-8-3-11-12(23-7-22-11)5-9(8)4-10-14(19)17(15(20)16-10)6-13(18)21-2/h3-5H,6-7H2,1-2H3,(H,16,20). The van der Waals surface area contributed by atoms with Gasteiger partial charge in [0.05, 0.1) is 7.11 Å². The summed E-state index contributed by atoms with van der Waals surface area (Å²) in [4.78, 5) is 36.1. The molecule has 0 bridgehead atoms. The largest absolute Gasteiger partial charge is 0.468 e. The van der Waals surface area contributed by atoms with E-state index in [4.69, 9.17) is 9.47 Å². The van der Waals surface area contributed by atoms with Crippen molar-refractivity contribution in [3.8, 4) is 11.5 Å². The molecular weight excluding hydrogens is 304 g/mol. The first-order valence-corrected chi connectivity index (χ1v) is 6.81. The topological polar surface area (TPSA) is 94.2 Å². The molecule has 2 aliphatic heterocycles. The molecule has 8 heteroatoms. The Morgan fingerprint density at radius 2 is 2.04 bits per heavy atom. The molecule has 0 saturated carbocycles. The van der Waals surface area contributed by atoms with Crippen LogP contribution in [0.3, 0.4) is 0 Å². The molecule has 1 aromatic carbocycles. The molecule has 0 aromatic heterocycles. The minimum absolute atomic E-state index is 0.0841. The van der Waals surface area contributed by atoms with Crippen LogP contribution in [0.4, 0.5) is 4.79 Å². The number of esters is 1. The van der Waals surface area contributed by atoms with Gasteiger partial charge in [0, 0.05) is 0 Å². The summed E-state index contributed by atoms with van der Waals surface area (Å²) in [5, 5.41) is 2.45. The van der Waals surface area contributed by atoms with Crippen molar-refractivity contribution >= 4 is 24.0 Å². The van der Waals surface area contributed by atoms with Crippen LogP contribution >= 0.6 is 0 Å². The molecule has 0 spiro atoms. The Bertz CT molecular complexity index is 740. The van der Waals surface area contributed by atoms with Crippen molar-refractivity contribution in [2.24, 2.45) is 0 Å². The maximum atomic E-state index is 12.2. The van der Waals surface area contributed by atoms with Crippen LogP contribution in [0.25, 0.3) is 6.08 Å². The third-order valence-electron chi connectivity index (χ3n) is 3.54. The van der Waals surface area contributed by atoms with E-state index in [1.54, 1.807) is 12.1 Å². The van der Waals surface area contributed by atoms with Gasteiger partial charge in [-0.1, -0.05) is 0 Å². The third-order valence-corrected chi connectivity index (χ3v) is 3.54. The fraction of sp³-hybridized carbons (Fsp3) is 0.267. The number of aryl methyl sites for hydroxylation is 1. The van der Waals surface area contributed by atoms with E-state index in [1.807, 2.05) is 6.92 Å². The van der Waals surface area contributed by atoms with Gasteiger partial charge in [0.15, 0.2) is 11.5 Å². The molecule has 1 saturated heterocycles. The van der Waals surface area contributed by atoms with Gasteiger partial charge in [-0.15, -0.1) is 0 Å². The first kappa shape index (κ1) is 14.9. The molecule has 8 nitrogen and oxygen atoms in total. The van der Waals surface area contributed by atoms with Crippen molar-refractivity contribution in [3.05, 3.63) is 29.0 Å². The van der Waals surface area contributed by atoms with Crippen LogP contribution in [-0.2, 0) is 14.3 Å². The number of benzene rings is 1. The van der Waals surface area contributed by atoms with Crippen molar-refractivity contribution in [2.45, 2.75) is 6.92 Å². The van der Waals surface area contributed by atoms with Crippen molar-refractivity contribution in [2.75, 3.05) is 20.4 Å². The number of imide groups is 1. The predicted octanol–water partition coefficient (Wildman–Crippen LogP) is 0.789. The Hall–Kier alpha value is -3.03. The fourth-order valence-corrected chi connectivity index (χ4v) is 2.28. The monoisotopic (exact) mass is 318 g/mol. The number of ether oxygens (including phenoxy) is 3. The van der Waals surface area contributed by atoms with Crippen LogP contribution in [-0.4, -0.2) is 43.3 Å². The zero-order valence-corrected chi connectivity index (χ0v) is 12.5. The van der Waals surface area contributed by atoms with Crippen LogP contribution in [0, 0.1) is 6.92 Å². The number of fused-ring (bicyclic) bond motifs is 1. The van der Waals surface area contributed by atoms with Crippen molar-refractivity contribution in [3.63, 3.8) is 0 Å². The maximum Gasteiger partial charge on any atom is 0.329 e. The van der Waals surface area contributed by atoms with E-state index in [9.17, 15) is 14.4 Å². The van der Waals surface area contributed by atoms with E-state index in [1.165, 1.54) is 13.2 Å². The highest BCUT2D eigenvalue weighted by Crippen LogP contribution is 2.35. The lowest BCUT2D eigenvalue weighted by molar-refractivity contribution is -0.143. The Morgan fingerprint density at radius 3 is 2.74 bits per heavy atom. The highest BCUT2D eigenvalue weighted by atomic mass is 16.7. The molecule has 120 valence electrons. The van der Waals surface area contributed by atoms with Gasteiger partial charge in [0.25, 0.3) is 5.91 Å². The maximum absolute atomic E-state index is 12.2. The molecule has 0 aliphatic carbocycles. The van der Waals surface area contributed by atoms with E-state index >= 15 is 0 Å². The van der Waals surface area contributed by atoms with E-state index in [0.29, 0.717) is 17.1 Å². The average Bonchev–Trinajstić information content (AvgIpc) is 3.07. The molecule has 23 heavy (non-hydrogen) atoms. The van der Waals surface area contributed by atoms with Crippen LogP contribution < -0.4 is 14.8 Å². The summed E-state index contributed by atoms with van der Waals surface area (Å²) in [5.41, 5.74) is 1.65. The molecule has 1 fully saturated rings. The predicted molar refractivity (Wildman–Crippen MR) is 77.5 cm³/mol. The number of methoxy groups -OCH3 is 1. The highest BCUT2D eigenvalue weighted by Gasteiger charge is 2.35. The normalized spacial score (nSPS) is 17.7. The minimum Gasteiger partial charge on any atom is -0.468 e. The van der Waals surface area contributed by atoms with Gasteiger partial charge in [-0.25, -0.2) is 9.69 Å². The van der Waals surface area contributed by atoms with Crippen molar-refractivity contribution < 1.29 is 28.6 Å². The van der Waals surface area contributed by atoms with Gasteiger partial charge >= 0.3 is 12.0 Å². The lowest BCUT2D eigenvalue weighted by Gasteiger charge is -2.09. The number of urea groups is 1. The summed E-state index contributed by atoms with van der Waals surface area (Å²) >= 11 is 0. The minimum atomic E-state index is -0.672. The molecule has 1 N–H and O–H groups in total. The molecule has 2 aliphatic rings. The van der Waals surface area contributed by atoms with E-state index < -0.39 is 24.5 Å². The summed E-state index contributed by atoms with van der Waals surface area (Å²) in [6.07, 6.45) is 1.54. The first-order valence-electron chi connectivity index (χ1n) is 6.81. The Morgan fingerprint density at radius 1 is 1.35 bits per heavy atom. The number of hydrogen-bond donors (Lipinski definition) is 1. The molecule has 1 aromatic rings. The summed E-state index contributed by atoms with van der Waals surface area (Å²) in [6.45, 7) is 1.57. The van der Waals surface area contributed by atoms with Crippen LogP contribution in [0.15, 0.2) is 17.8 Å². The van der Waals surface area contributed by atoms with Gasteiger partial charge in [-0.05, 0) is 36.3 Å². The summed E-state index contributed by atoms with van der Waals surface area (Å²) in [7, 11) is 1.19. The van der Waals surface area contributed by atoms with Crippen LogP contribution in [0.2, 0.25) is 0 Å². The average molecular weight is 318 g/mol. The molecule has 2 heterocycles. The van der Waals surface area contributed by atoms with Crippen molar-refractivity contribution in [1.82, 2.24) is 10.2 Å². The number of nitrogens with zero attached hydrogens (tertiary/aromatic N) is 1. The van der Waals surface area contributed by atoms with Crippen LogP contribution in [0.1, 0.15) is 11.1 Å². The van der Waals surface area contributed by atoms with Gasteiger partial charge in [-0.2, -0.15) is 0 Å². The fourth-order valence-electron chi connectivity index (χ4n) is 2.28. The summed E-state index contributed by atoms with van der Waals surface area (Å²) < 4.78 is 15.0. The molecular formula is C15H14N2O6. The smallest absolute Gasteiger partial charge is 0.329 e. The van der Waals surface area contributed by atoms with Gasteiger partial charge in [0.2, 0.25) is 6.79 Å². The van der Waals surface area contributed by atoms with Gasteiger partial charge in [-0.3, -0.25) is 9.59 Å². The number of carbonyl (C=O) groups is 3. The van der Waals surface area contributed by atoms with E-state index in [0.717, 1.165) is 10.5 Å². The molecule has 0 atom stereocenters. The second-order valence-corrected chi connectivity index (χ2v) is 5.02. The Balaban J connectivity index is 1.88. The van der Waals surface area contributed by atoms with E-state index in [2.05, 4.69) is 10.1 Å². The lowest BCUT2D eigenvalue weighted by atomic mass is 10.1. The quantitative estimate of drug-likeness (QED) is 0.503. The third kappa shape index (κ3) is 2.70. The second-order valence-electron chi connectivity index (χ2n) is 5.02. The van der Waals surface area contributed by atoms with E-state index in [-0.39, 0.29) is 12.5 Å². The zero-order valence-electron chi connectivity index (χ0n) is 12.5. The molecule has 0 unspecified atom stereocenters. The molecule has 3 rings (SSSR count). The Labute approximate surface area is 131 Å². The number of amides is 3. The number of carbonyl (C=O) groups excluding carboxylic acids is 3. The van der Waals surface area contributed by atoms with Crippen LogP contribution in [0.5, 0.6) is 11.5 Å². The zero-order chi connectivity index (χ0) is 16.6. The van der Waals surface area contributed by atoms with Crippen molar-refractivity contribution in [1.29, 1.82) is 0 Å². The summed E-state index contributed by atoms with van der Waals surface area (Å²) in [6, 6.07) is 2.86. The number of rotatable bonds is 3.